The molecule has 0 N–H and O–H groups in total. The molecular weight excluding hydrogens is 281 g/mol. The van der Waals surface area contributed by atoms with E-state index in [2.05, 4.69) is 0 Å². The molecule has 2 rings (SSSR count). The number of nitrogens with zero attached hydrogens (tertiary/aromatic N) is 2. The van der Waals surface area contributed by atoms with E-state index in [1.807, 2.05) is 6.92 Å². The highest BCUT2D eigenvalue weighted by Crippen LogP contribution is 2.20. The fourth-order valence-electron chi connectivity index (χ4n) is 2.65. The van der Waals surface area contributed by atoms with Crippen LogP contribution in [0.15, 0.2) is 12.1 Å². The molecule has 0 spiro atoms. The van der Waals surface area contributed by atoms with E-state index in [0.29, 0.717) is 12.6 Å². The maximum atomic E-state index is 13.6. The lowest BCUT2D eigenvalue weighted by atomic mass is 10.0. The highest BCUT2D eigenvalue weighted by Gasteiger charge is 2.26. The van der Waals surface area contributed by atoms with Crippen molar-refractivity contribution < 1.29 is 18.0 Å². The number of hydrogen-bond acceptors (Lipinski definition) is 1. The monoisotopic (exact) mass is 300 g/mol. The maximum Gasteiger partial charge on any atom is 0.320 e. The third kappa shape index (κ3) is 3.49. The molecule has 1 fully saturated rings. The molecule has 0 saturated carbocycles. The quantitative estimate of drug-likeness (QED) is 0.766. The van der Waals surface area contributed by atoms with Crippen molar-refractivity contribution in [2.75, 3.05) is 13.6 Å². The number of amides is 2. The van der Waals surface area contributed by atoms with Crippen LogP contribution in [0.25, 0.3) is 0 Å². The number of piperidine rings is 1. The van der Waals surface area contributed by atoms with Crippen molar-refractivity contribution >= 4 is 6.03 Å². The lowest BCUT2D eigenvalue weighted by molar-refractivity contribution is 0.126. The molecule has 1 heterocycles. The van der Waals surface area contributed by atoms with Gasteiger partial charge in [-0.1, -0.05) is 0 Å². The molecule has 1 atom stereocenters. The van der Waals surface area contributed by atoms with Gasteiger partial charge >= 0.3 is 6.03 Å². The Kier molecular flexibility index (Phi) is 4.75. The SMILES string of the molecule is CC1CCCCN1C(=O)N(C)Cc1cc(F)cc(F)c1F. The predicted molar refractivity (Wildman–Crippen MR) is 73.2 cm³/mol. The fourth-order valence-corrected chi connectivity index (χ4v) is 2.65. The molecule has 1 aromatic carbocycles. The van der Waals surface area contributed by atoms with Crippen molar-refractivity contribution in [2.24, 2.45) is 0 Å². The number of rotatable bonds is 2. The van der Waals surface area contributed by atoms with Gasteiger partial charge in [-0.2, -0.15) is 0 Å². The van der Waals surface area contributed by atoms with Gasteiger partial charge in [-0.15, -0.1) is 0 Å². The lowest BCUT2D eigenvalue weighted by Gasteiger charge is -2.36. The van der Waals surface area contributed by atoms with Crippen LogP contribution in [0, 0.1) is 17.5 Å². The Morgan fingerprint density at radius 2 is 2.05 bits per heavy atom. The Labute approximate surface area is 122 Å². The first kappa shape index (κ1) is 15.7. The molecule has 2 amide bonds. The largest absolute Gasteiger partial charge is 0.323 e. The van der Waals surface area contributed by atoms with E-state index in [1.54, 1.807) is 4.90 Å². The second-order valence-electron chi connectivity index (χ2n) is 5.54. The first-order valence-corrected chi connectivity index (χ1v) is 7.05. The number of benzene rings is 1. The van der Waals surface area contributed by atoms with E-state index in [4.69, 9.17) is 0 Å². The number of carbonyl (C=O) groups is 1. The molecule has 0 radical (unpaired) electrons. The summed E-state index contributed by atoms with van der Waals surface area (Å²) in [6.07, 6.45) is 2.95. The van der Waals surface area contributed by atoms with Gasteiger partial charge in [-0.25, -0.2) is 18.0 Å². The summed E-state index contributed by atoms with van der Waals surface area (Å²) >= 11 is 0. The number of hydrogen-bond donors (Lipinski definition) is 0. The molecule has 3 nitrogen and oxygen atoms in total. The van der Waals surface area contributed by atoms with Crippen molar-refractivity contribution in [2.45, 2.75) is 38.8 Å². The Balaban J connectivity index is 2.10. The zero-order valence-electron chi connectivity index (χ0n) is 12.2. The normalized spacial score (nSPS) is 18.7. The summed E-state index contributed by atoms with van der Waals surface area (Å²) in [5.41, 5.74) is -0.159. The molecule has 0 aliphatic carbocycles. The summed E-state index contributed by atoms with van der Waals surface area (Å²) in [7, 11) is 1.51. The molecule has 0 aromatic heterocycles. The first-order chi connectivity index (χ1) is 9.90. The van der Waals surface area contributed by atoms with Gasteiger partial charge in [0, 0.05) is 31.3 Å². The number of likely N-dealkylation sites (tertiary alicyclic amines) is 1. The van der Waals surface area contributed by atoms with E-state index in [1.165, 1.54) is 11.9 Å². The van der Waals surface area contributed by atoms with Crippen LogP contribution in [-0.4, -0.2) is 35.5 Å². The van der Waals surface area contributed by atoms with Gasteiger partial charge in [0.2, 0.25) is 0 Å². The Morgan fingerprint density at radius 3 is 2.71 bits per heavy atom. The van der Waals surface area contributed by atoms with Gasteiger partial charge in [0.05, 0.1) is 6.54 Å². The van der Waals surface area contributed by atoms with Crippen molar-refractivity contribution in [3.8, 4) is 0 Å². The Bertz CT molecular complexity index is 536. The average molecular weight is 300 g/mol. The summed E-state index contributed by atoms with van der Waals surface area (Å²) < 4.78 is 40.0. The minimum Gasteiger partial charge on any atom is -0.323 e. The van der Waals surface area contributed by atoms with Crippen molar-refractivity contribution in [3.63, 3.8) is 0 Å². The van der Waals surface area contributed by atoms with Crippen LogP contribution in [0.4, 0.5) is 18.0 Å². The van der Waals surface area contributed by atoms with Gasteiger partial charge in [-0.05, 0) is 32.3 Å². The van der Waals surface area contributed by atoms with Crippen LogP contribution in [0.3, 0.4) is 0 Å². The van der Waals surface area contributed by atoms with Crippen LogP contribution in [0.1, 0.15) is 31.7 Å². The van der Waals surface area contributed by atoms with Crippen molar-refractivity contribution in [3.05, 3.63) is 35.1 Å². The molecule has 0 bridgehead atoms. The van der Waals surface area contributed by atoms with Crippen molar-refractivity contribution in [1.82, 2.24) is 9.80 Å². The molecule has 21 heavy (non-hydrogen) atoms. The van der Waals surface area contributed by atoms with E-state index >= 15 is 0 Å². The van der Waals surface area contributed by atoms with Gasteiger partial charge < -0.3 is 9.80 Å². The average Bonchev–Trinajstić information content (AvgIpc) is 2.44. The second kappa shape index (κ2) is 6.37. The molecule has 6 heteroatoms. The standard InChI is InChI=1S/C15H19F3N2O/c1-10-5-3-4-6-20(10)15(21)19(2)9-11-7-12(16)8-13(17)14(11)18/h7-8,10H,3-6,9H2,1-2H3. The van der Waals surface area contributed by atoms with Gasteiger partial charge in [0.1, 0.15) is 5.82 Å². The van der Waals surface area contributed by atoms with Gasteiger partial charge in [0.15, 0.2) is 11.6 Å². The molecule has 1 saturated heterocycles. The zero-order valence-corrected chi connectivity index (χ0v) is 12.2. The first-order valence-electron chi connectivity index (χ1n) is 7.05. The van der Waals surface area contributed by atoms with Crippen LogP contribution in [0.5, 0.6) is 0 Å². The summed E-state index contributed by atoms with van der Waals surface area (Å²) in [6, 6.07) is 1.30. The second-order valence-corrected chi connectivity index (χ2v) is 5.54. The molecular formula is C15H19F3N2O. The van der Waals surface area contributed by atoms with Crippen LogP contribution < -0.4 is 0 Å². The maximum absolute atomic E-state index is 13.6. The van der Waals surface area contributed by atoms with Crippen molar-refractivity contribution in [1.29, 1.82) is 0 Å². The number of urea groups is 1. The minimum absolute atomic E-state index is 0.128. The Hall–Kier alpha value is -1.72. The molecule has 1 unspecified atom stereocenters. The number of halogens is 3. The summed E-state index contributed by atoms with van der Waals surface area (Å²) in [5, 5.41) is 0. The zero-order chi connectivity index (χ0) is 15.6. The summed E-state index contributed by atoms with van der Waals surface area (Å²) in [6.45, 7) is 2.46. The minimum atomic E-state index is -1.24. The van der Waals surface area contributed by atoms with Gasteiger partial charge in [0.25, 0.3) is 0 Å². The third-order valence-corrected chi connectivity index (χ3v) is 3.85. The summed E-state index contributed by atoms with van der Waals surface area (Å²) in [5.74, 6) is -3.20. The topological polar surface area (TPSA) is 23.6 Å². The highest BCUT2D eigenvalue weighted by atomic mass is 19.2. The predicted octanol–water partition coefficient (Wildman–Crippen LogP) is 3.53. The highest BCUT2D eigenvalue weighted by molar-refractivity contribution is 5.74. The third-order valence-electron chi connectivity index (χ3n) is 3.85. The molecule has 1 aromatic rings. The fraction of sp³-hybridized carbons (Fsp3) is 0.533. The smallest absolute Gasteiger partial charge is 0.320 e. The molecule has 1 aliphatic heterocycles. The number of carbonyl (C=O) groups excluding carboxylic acids is 1. The van der Waals surface area contributed by atoms with E-state index < -0.39 is 17.5 Å². The van der Waals surface area contributed by atoms with Crippen LogP contribution >= 0.6 is 0 Å². The molecule has 116 valence electrons. The van der Waals surface area contributed by atoms with E-state index in [9.17, 15) is 18.0 Å². The lowest BCUT2D eigenvalue weighted by Crippen LogP contribution is -2.47. The summed E-state index contributed by atoms with van der Waals surface area (Å²) in [4.78, 5) is 15.3. The molecule has 1 aliphatic rings. The van der Waals surface area contributed by atoms with E-state index in [0.717, 1.165) is 25.3 Å². The Morgan fingerprint density at radius 1 is 1.33 bits per heavy atom. The van der Waals surface area contributed by atoms with Crippen LogP contribution in [0.2, 0.25) is 0 Å². The van der Waals surface area contributed by atoms with Crippen LogP contribution in [-0.2, 0) is 6.54 Å². The van der Waals surface area contributed by atoms with E-state index in [-0.39, 0.29) is 24.2 Å². The van der Waals surface area contributed by atoms with Gasteiger partial charge in [-0.3, -0.25) is 0 Å².